The Morgan fingerprint density at radius 3 is 2.09 bits per heavy atom. The third kappa shape index (κ3) is 5.50. The first-order chi connectivity index (χ1) is 10.2. The number of rotatable bonds is 4. The van der Waals surface area contributed by atoms with Crippen LogP contribution in [0.25, 0.3) is 5.76 Å². The van der Waals surface area contributed by atoms with E-state index in [0.29, 0.717) is 0 Å². The zero-order valence-corrected chi connectivity index (χ0v) is 13.4. The van der Waals surface area contributed by atoms with Crippen LogP contribution in [0.5, 0.6) is 0 Å². The maximum absolute atomic E-state index is 12.4. The zero-order chi connectivity index (χ0) is 18.1. The van der Waals surface area contributed by atoms with E-state index in [1.165, 1.54) is 12.1 Å². The number of allylic oxidation sites excluding steroid dienone is 1. The van der Waals surface area contributed by atoms with Gasteiger partial charge in [0.05, 0.1) is 5.02 Å². The lowest BCUT2D eigenvalue weighted by atomic mass is 10.2. The minimum Gasteiger partial charge on any atom is -0.374 e. The highest BCUT2D eigenvalue weighted by atomic mass is 35.5. The summed E-state index contributed by atoms with van der Waals surface area (Å²) in [5.74, 6) is -1.14. The Labute approximate surface area is 136 Å². The Kier molecular flexibility index (Phi) is 5.92. The highest BCUT2D eigenvalue weighted by Gasteiger charge is 2.49. The summed E-state index contributed by atoms with van der Waals surface area (Å²) >= 11 is 4.88. The van der Waals surface area contributed by atoms with Crippen LogP contribution in [-0.4, -0.2) is 19.4 Å². The van der Waals surface area contributed by atoms with Crippen LogP contribution in [0, 0.1) is 0 Å². The fourth-order valence-corrected chi connectivity index (χ4v) is 2.71. The number of hydrogen-bond acceptors (Lipinski definition) is 4. The summed E-state index contributed by atoms with van der Waals surface area (Å²) in [5.41, 5.74) is -11.1. The van der Waals surface area contributed by atoms with Gasteiger partial charge in [-0.15, -0.1) is 0 Å². The average Bonchev–Trinajstić information content (AvgIpc) is 2.33. The third-order valence-electron chi connectivity index (χ3n) is 2.18. The first-order valence-corrected chi connectivity index (χ1v) is 8.07. The normalized spacial score (nSPS) is 14.4. The van der Waals surface area contributed by atoms with E-state index in [0.717, 1.165) is 19.1 Å². The van der Waals surface area contributed by atoms with Crippen molar-refractivity contribution in [2.75, 3.05) is 0 Å². The van der Waals surface area contributed by atoms with Gasteiger partial charge in [-0.2, -0.15) is 34.8 Å². The third-order valence-corrected chi connectivity index (χ3v) is 4.19. The van der Waals surface area contributed by atoms with E-state index in [-0.39, 0.29) is 5.02 Å². The van der Waals surface area contributed by atoms with E-state index in [1.807, 2.05) is 0 Å². The molecule has 0 aromatic heterocycles. The van der Waals surface area contributed by atoms with Gasteiger partial charge >= 0.3 is 21.1 Å². The van der Waals surface area contributed by atoms with Gasteiger partial charge in [-0.1, -0.05) is 23.7 Å². The van der Waals surface area contributed by atoms with E-state index in [9.17, 15) is 34.8 Å². The molecule has 130 valence electrons. The summed E-state index contributed by atoms with van der Waals surface area (Å²) in [6, 6.07) is 4.79. The van der Waals surface area contributed by atoms with Crippen LogP contribution in [-0.2, 0) is 14.3 Å². The van der Waals surface area contributed by atoms with Crippen molar-refractivity contribution in [1.82, 2.24) is 0 Å². The molecule has 0 atom stereocenters. The zero-order valence-electron chi connectivity index (χ0n) is 11.0. The molecule has 0 radical (unpaired) electrons. The van der Waals surface area contributed by atoms with Crippen molar-refractivity contribution in [3.63, 3.8) is 0 Å². The molecule has 0 aliphatic heterocycles. The number of hydrogen-bond donors (Lipinski definition) is 0. The molecule has 1 aromatic carbocycles. The summed E-state index contributed by atoms with van der Waals surface area (Å²) in [4.78, 5) is -0.849. The van der Waals surface area contributed by atoms with Crippen LogP contribution in [0.2, 0.25) is 5.02 Å². The highest BCUT2D eigenvalue weighted by molar-refractivity contribution is 8.04. The van der Waals surface area contributed by atoms with Gasteiger partial charge in [0, 0.05) is 10.5 Å². The lowest BCUT2D eigenvalue weighted by Crippen LogP contribution is -2.25. The molecule has 0 heterocycles. The molecule has 12 heteroatoms. The number of benzene rings is 1. The first-order valence-electron chi connectivity index (χ1n) is 5.47. The minimum absolute atomic E-state index is 0.276. The van der Waals surface area contributed by atoms with Crippen molar-refractivity contribution in [1.29, 1.82) is 0 Å². The SMILES string of the molecule is C/C(SC(F)(F)F)=C(\OS(=O)(=O)C(F)(F)F)c1ccccc1Cl. The van der Waals surface area contributed by atoms with Crippen molar-refractivity contribution in [2.45, 2.75) is 17.9 Å². The molecule has 0 saturated heterocycles. The van der Waals surface area contributed by atoms with Crippen LogP contribution < -0.4 is 0 Å². The molecule has 1 aromatic rings. The Hall–Kier alpha value is -1.07. The molecule has 0 aliphatic carbocycles. The summed E-state index contributed by atoms with van der Waals surface area (Å²) < 4.78 is 101. The lowest BCUT2D eigenvalue weighted by Gasteiger charge is -2.16. The number of thioether (sulfide) groups is 1. The molecule has 0 N–H and O–H groups in total. The van der Waals surface area contributed by atoms with Gasteiger partial charge in [0.2, 0.25) is 0 Å². The average molecular weight is 401 g/mol. The van der Waals surface area contributed by atoms with E-state index < -0.39 is 49.1 Å². The van der Waals surface area contributed by atoms with E-state index in [1.54, 1.807) is 0 Å². The second-order valence-electron chi connectivity index (χ2n) is 3.90. The summed E-state index contributed by atoms with van der Waals surface area (Å²) in [5, 5.41) is -0.276. The van der Waals surface area contributed by atoms with E-state index >= 15 is 0 Å². The highest BCUT2D eigenvalue weighted by Crippen LogP contribution is 2.42. The van der Waals surface area contributed by atoms with Crippen molar-refractivity contribution in [2.24, 2.45) is 0 Å². The Balaban J connectivity index is 3.46. The molecule has 0 unspecified atom stereocenters. The largest absolute Gasteiger partial charge is 0.534 e. The molecule has 0 aliphatic rings. The fraction of sp³-hybridized carbons (Fsp3) is 0.273. The Morgan fingerprint density at radius 1 is 1.13 bits per heavy atom. The maximum atomic E-state index is 12.4. The van der Waals surface area contributed by atoms with Crippen LogP contribution in [0.15, 0.2) is 29.2 Å². The minimum atomic E-state index is -6.16. The van der Waals surface area contributed by atoms with Crippen molar-refractivity contribution < 1.29 is 38.9 Å². The molecule has 23 heavy (non-hydrogen) atoms. The smallest absolute Gasteiger partial charge is 0.374 e. The van der Waals surface area contributed by atoms with Crippen molar-refractivity contribution >= 4 is 39.2 Å². The van der Waals surface area contributed by atoms with Gasteiger partial charge in [-0.05, 0) is 30.8 Å². The van der Waals surface area contributed by atoms with Gasteiger partial charge in [0.15, 0.2) is 5.76 Å². The molecule has 0 amide bonds. The molecule has 0 bridgehead atoms. The predicted octanol–water partition coefficient (Wildman–Crippen LogP) is 5.15. The molecule has 1 rings (SSSR count). The van der Waals surface area contributed by atoms with Crippen molar-refractivity contribution in [3.8, 4) is 0 Å². The molecular formula is C11H7ClF6O3S2. The summed E-state index contributed by atoms with van der Waals surface area (Å²) in [6.07, 6.45) is 0. The Bertz CT molecular complexity index is 709. The fourth-order valence-electron chi connectivity index (χ4n) is 1.32. The quantitative estimate of drug-likeness (QED) is 0.303. The molecule has 0 fully saturated rings. The van der Waals surface area contributed by atoms with Gasteiger partial charge < -0.3 is 4.18 Å². The van der Waals surface area contributed by atoms with Gasteiger partial charge in [-0.3, -0.25) is 0 Å². The van der Waals surface area contributed by atoms with Gasteiger partial charge in [-0.25, -0.2) is 0 Å². The van der Waals surface area contributed by atoms with E-state index in [4.69, 9.17) is 11.6 Å². The molecular weight excluding hydrogens is 394 g/mol. The second-order valence-corrected chi connectivity index (χ2v) is 7.12. The molecule has 0 spiro atoms. The lowest BCUT2D eigenvalue weighted by molar-refractivity contribution is -0.0509. The van der Waals surface area contributed by atoms with Crippen LogP contribution in [0.4, 0.5) is 26.3 Å². The first kappa shape index (κ1) is 20.0. The maximum Gasteiger partial charge on any atom is 0.534 e. The standard InChI is InChI=1S/C11H7ClF6O3S2/c1-6(22-10(13,14)15)9(7-4-2-3-5-8(7)12)21-23(19,20)11(16,17)18/h2-5H,1H3/b9-6+. The monoisotopic (exact) mass is 400 g/mol. The topological polar surface area (TPSA) is 43.4 Å². The summed E-state index contributed by atoms with van der Waals surface area (Å²) in [7, 11) is -6.16. The van der Waals surface area contributed by atoms with Crippen LogP contribution in [0.1, 0.15) is 12.5 Å². The Morgan fingerprint density at radius 2 is 1.65 bits per heavy atom. The van der Waals surface area contributed by atoms with Crippen LogP contribution in [0.3, 0.4) is 0 Å². The number of halogens is 7. The molecule has 0 saturated carbocycles. The van der Waals surface area contributed by atoms with Gasteiger partial charge in [0.25, 0.3) is 0 Å². The summed E-state index contributed by atoms with van der Waals surface area (Å²) in [6.45, 7) is 0.767. The van der Waals surface area contributed by atoms with E-state index in [2.05, 4.69) is 4.18 Å². The van der Waals surface area contributed by atoms with Crippen LogP contribution >= 0.6 is 23.4 Å². The molecule has 3 nitrogen and oxygen atoms in total. The van der Waals surface area contributed by atoms with Crippen molar-refractivity contribution in [3.05, 3.63) is 39.8 Å². The predicted molar refractivity (Wildman–Crippen MR) is 73.8 cm³/mol. The second kappa shape index (κ2) is 6.81. The number of alkyl halides is 6. The van der Waals surface area contributed by atoms with Gasteiger partial charge in [0.1, 0.15) is 0 Å².